The second-order valence-electron chi connectivity index (χ2n) is 7.06. The van der Waals surface area contributed by atoms with E-state index in [1.54, 1.807) is 12.3 Å². The molecule has 5 rings (SSSR count). The number of nitrogens with one attached hydrogen (secondary N) is 2. The fraction of sp³-hybridized carbons (Fsp3) is 0.0455. The zero-order chi connectivity index (χ0) is 22.1. The van der Waals surface area contributed by atoms with Crippen LogP contribution in [0.1, 0.15) is 15.9 Å². The average Bonchev–Trinajstić information content (AvgIpc) is 3.49. The number of fused-ring (bicyclic) bond motifs is 1. The third kappa shape index (κ3) is 3.63. The van der Waals surface area contributed by atoms with Crippen molar-refractivity contribution < 1.29 is 4.79 Å². The van der Waals surface area contributed by atoms with Gasteiger partial charge in [-0.3, -0.25) is 4.79 Å². The highest BCUT2D eigenvalue weighted by Gasteiger charge is 2.14. The van der Waals surface area contributed by atoms with E-state index in [1.807, 2.05) is 35.8 Å². The van der Waals surface area contributed by atoms with Crippen LogP contribution in [0.2, 0.25) is 0 Å². The molecule has 9 nitrogen and oxygen atoms in total. The molecule has 0 aliphatic heterocycles. The summed E-state index contributed by atoms with van der Waals surface area (Å²) in [7, 11) is 0. The summed E-state index contributed by atoms with van der Waals surface area (Å²) in [5.41, 5.74) is 16.3. The van der Waals surface area contributed by atoms with E-state index in [0.717, 1.165) is 32.6 Å². The number of hydrogen-bond donors (Lipinski definition) is 4. The molecular weight excluding hydrogens is 424 g/mol. The second kappa shape index (κ2) is 8.08. The quantitative estimate of drug-likeness (QED) is 0.315. The summed E-state index contributed by atoms with van der Waals surface area (Å²) in [5, 5.41) is 6.78. The van der Waals surface area contributed by atoms with Gasteiger partial charge in [-0.1, -0.05) is 24.3 Å². The summed E-state index contributed by atoms with van der Waals surface area (Å²) in [4.78, 5) is 31.7. The monoisotopic (exact) mass is 442 g/mol. The van der Waals surface area contributed by atoms with E-state index in [9.17, 15) is 4.79 Å². The number of anilines is 2. The maximum absolute atomic E-state index is 11.6. The normalized spacial score (nSPS) is 11.0. The van der Waals surface area contributed by atoms with E-state index in [2.05, 4.69) is 30.2 Å². The molecule has 0 aliphatic carbocycles. The van der Waals surface area contributed by atoms with Crippen LogP contribution < -0.4 is 16.8 Å². The number of thiazole rings is 1. The summed E-state index contributed by atoms with van der Waals surface area (Å²) < 4.78 is 0. The largest absolute Gasteiger partial charge is 0.383 e. The van der Waals surface area contributed by atoms with E-state index >= 15 is 0 Å². The molecule has 0 saturated heterocycles. The smallest absolute Gasteiger partial charge is 0.250 e. The maximum Gasteiger partial charge on any atom is 0.250 e. The van der Waals surface area contributed by atoms with Gasteiger partial charge in [0.05, 0.1) is 16.5 Å². The predicted molar refractivity (Wildman–Crippen MR) is 125 cm³/mol. The number of pyridine rings is 1. The van der Waals surface area contributed by atoms with Gasteiger partial charge in [0.2, 0.25) is 5.91 Å². The molecule has 6 N–H and O–H groups in total. The molecule has 0 bridgehead atoms. The Balaban J connectivity index is 1.39. The van der Waals surface area contributed by atoms with Crippen LogP contribution in [-0.4, -0.2) is 30.8 Å². The van der Waals surface area contributed by atoms with E-state index in [-0.39, 0.29) is 0 Å². The van der Waals surface area contributed by atoms with E-state index in [1.165, 1.54) is 23.9 Å². The Hall–Kier alpha value is -4.31. The van der Waals surface area contributed by atoms with Crippen LogP contribution in [0.5, 0.6) is 0 Å². The highest BCUT2D eigenvalue weighted by atomic mass is 32.1. The van der Waals surface area contributed by atoms with Gasteiger partial charge in [0, 0.05) is 36.1 Å². The Morgan fingerprint density at radius 1 is 1.09 bits per heavy atom. The van der Waals surface area contributed by atoms with Crippen molar-refractivity contribution in [1.29, 1.82) is 0 Å². The third-order valence-electron chi connectivity index (χ3n) is 5.06. The lowest BCUT2D eigenvalue weighted by molar-refractivity contribution is 0.1000. The third-order valence-corrected chi connectivity index (χ3v) is 5.87. The number of aromatic amines is 1. The number of nitrogens with zero attached hydrogens (tertiary/aromatic N) is 4. The minimum Gasteiger partial charge on any atom is -0.383 e. The van der Waals surface area contributed by atoms with Crippen LogP contribution in [0.25, 0.3) is 32.7 Å². The molecule has 0 spiro atoms. The van der Waals surface area contributed by atoms with E-state index in [4.69, 9.17) is 11.5 Å². The second-order valence-corrected chi connectivity index (χ2v) is 7.95. The van der Waals surface area contributed by atoms with Crippen molar-refractivity contribution >= 4 is 39.9 Å². The Labute approximate surface area is 186 Å². The topological polar surface area (TPSA) is 148 Å². The number of primary amides is 1. The number of hydrogen-bond acceptors (Lipinski definition) is 8. The molecule has 158 valence electrons. The molecule has 0 saturated carbocycles. The number of aromatic nitrogens is 5. The van der Waals surface area contributed by atoms with Crippen LogP contribution >= 0.6 is 11.3 Å². The minimum atomic E-state index is -0.527. The molecule has 0 atom stereocenters. The van der Waals surface area contributed by atoms with Crippen molar-refractivity contribution in [2.75, 3.05) is 11.1 Å². The lowest BCUT2D eigenvalue weighted by atomic mass is 10.0. The van der Waals surface area contributed by atoms with Gasteiger partial charge in [0.15, 0.2) is 0 Å². The fourth-order valence-corrected chi connectivity index (χ4v) is 4.12. The Morgan fingerprint density at radius 2 is 1.94 bits per heavy atom. The van der Waals surface area contributed by atoms with Crippen LogP contribution in [0.3, 0.4) is 0 Å². The first-order chi connectivity index (χ1) is 15.6. The number of nitrogens with two attached hydrogens (primary N) is 2. The van der Waals surface area contributed by atoms with Crippen LogP contribution in [0, 0.1) is 0 Å². The van der Waals surface area contributed by atoms with Crippen molar-refractivity contribution in [1.82, 2.24) is 24.9 Å². The highest BCUT2D eigenvalue weighted by Crippen LogP contribution is 2.31. The zero-order valence-electron chi connectivity index (χ0n) is 16.7. The molecule has 0 unspecified atom stereocenters. The Kier molecular flexibility index (Phi) is 4.96. The SMILES string of the molecule is NC(=O)c1cnc(NCc2ccc(-c3c[nH]c4ncnc(N)c34)cc2)c(-c2nccs2)c1. The molecule has 4 aromatic heterocycles. The fourth-order valence-electron chi connectivity index (χ4n) is 3.46. The van der Waals surface area contributed by atoms with Crippen molar-refractivity contribution in [3.05, 3.63) is 71.8 Å². The standard InChI is InChI=1S/C22H18N8OS/c23-18-17-16(10-28-21(17)30-11-29-18)13-3-1-12(2-4-13)8-26-20-15(22-25-5-6-32-22)7-14(9-27-20)19(24)31/h1-7,9-11H,8H2,(H2,24,31)(H,26,27)(H3,23,28,29,30). The van der Waals surface area contributed by atoms with Crippen molar-refractivity contribution in [2.24, 2.45) is 5.73 Å². The molecule has 1 amide bonds. The molecule has 1 aromatic carbocycles. The van der Waals surface area contributed by atoms with Crippen molar-refractivity contribution in [3.63, 3.8) is 0 Å². The number of amides is 1. The number of H-pyrrole nitrogens is 1. The molecule has 5 aromatic rings. The first kappa shape index (κ1) is 19.6. The van der Waals surface area contributed by atoms with Gasteiger partial charge in [-0.05, 0) is 17.2 Å². The molecule has 32 heavy (non-hydrogen) atoms. The minimum absolute atomic E-state index is 0.340. The van der Waals surface area contributed by atoms with Gasteiger partial charge in [-0.2, -0.15) is 0 Å². The first-order valence-electron chi connectivity index (χ1n) is 9.70. The number of benzene rings is 1. The molecular formula is C22H18N8OS. The summed E-state index contributed by atoms with van der Waals surface area (Å²) in [6.45, 7) is 0.542. The summed E-state index contributed by atoms with van der Waals surface area (Å²) in [6.07, 6.45) is 6.50. The number of nitrogen functional groups attached to an aromatic ring is 1. The number of carbonyl (C=O) groups is 1. The van der Waals surface area contributed by atoms with Gasteiger partial charge in [-0.25, -0.2) is 19.9 Å². The predicted octanol–water partition coefficient (Wildman–Crippen LogP) is 3.44. The first-order valence-corrected chi connectivity index (χ1v) is 10.6. The molecule has 10 heteroatoms. The van der Waals surface area contributed by atoms with Crippen molar-refractivity contribution in [3.8, 4) is 21.7 Å². The van der Waals surface area contributed by atoms with Gasteiger partial charge in [0.25, 0.3) is 0 Å². The molecule has 0 fully saturated rings. The van der Waals surface area contributed by atoms with Crippen LogP contribution in [0.15, 0.2) is 60.6 Å². The van der Waals surface area contributed by atoms with E-state index < -0.39 is 5.91 Å². The lowest BCUT2D eigenvalue weighted by Crippen LogP contribution is -2.12. The Bertz CT molecular complexity index is 1410. The highest BCUT2D eigenvalue weighted by molar-refractivity contribution is 7.13. The summed E-state index contributed by atoms with van der Waals surface area (Å²) in [5.74, 6) is 0.550. The average molecular weight is 443 g/mol. The number of carbonyl (C=O) groups excluding carboxylic acids is 1. The van der Waals surface area contributed by atoms with E-state index in [0.29, 0.717) is 29.4 Å². The van der Waals surface area contributed by atoms with Crippen LogP contribution in [0.4, 0.5) is 11.6 Å². The molecule has 4 heterocycles. The molecule has 0 radical (unpaired) electrons. The Morgan fingerprint density at radius 3 is 2.69 bits per heavy atom. The zero-order valence-corrected chi connectivity index (χ0v) is 17.6. The molecule has 0 aliphatic rings. The summed E-state index contributed by atoms with van der Waals surface area (Å²) >= 11 is 1.47. The van der Waals surface area contributed by atoms with Crippen LogP contribution in [-0.2, 0) is 6.54 Å². The van der Waals surface area contributed by atoms with Gasteiger partial charge < -0.3 is 21.8 Å². The van der Waals surface area contributed by atoms with Gasteiger partial charge >= 0.3 is 0 Å². The summed E-state index contributed by atoms with van der Waals surface area (Å²) in [6, 6.07) is 9.82. The van der Waals surface area contributed by atoms with Gasteiger partial charge in [0.1, 0.15) is 28.6 Å². The van der Waals surface area contributed by atoms with Crippen molar-refractivity contribution in [2.45, 2.75) is 6.54 Å². The number of rotatable bonds is 6. The lowest BCUT2D eigenvalue weighted by Gasteiger charge is -2.11. The maximum atomic E-state index is 11.6. The van der Waals surface area contributed by atoms with Gasteiger partial charge in [-0.15, -0.1) is 11.3 Å².